The summed E-state index contributed by atoms with van der Waals surface area (Å²) in [4.78, 5) is 3.01. The molecule has 8 heteroatoms. The molecule has 4 rings (SSSR count). The molecule has 0 unspecified atom stereocenters. The molecule has 2 heterocycles. The number of rotatable bonds is 3. The fraction of sp³-hybridized carbons (Fsp3) is 0.158. The highest BCUT2D eigenvalue weighted by Gasteiger charge is 2.27. The Morgan fingerprint density at radius 3 is 2.63 bits per heavy atom. The first-order valence-corrected chi connectivity index (χ1v) is 10.1. The third-order valence-electron chi connectivity index (χ3n) is 4.69. The van der Waals surface area contributed by atoms with Gasteiger partial charge in [0.15, 0.2) is 0 Å². The van der Waals surface area contributed by atoms with Gasteiger partial charge < -0.3 is 4.98 Å². The first-order valence-electron chi connectivity index (χ1n) is 8.27. The number of sulfonamides is 1. The van der Waals surface area contributed by atoms with Gasteiger partial charge >= 0.3 is 0 Å². The van der Waals surface area contributed by atoms with E-state index < -0.39 is 15.8 Å². The highest BCUT2D eigenvalue weighted by atomic mass is 35.5. The Bertz CT molecular complexity index is 1170. The van der Waals surface area contributed by atoms with Crippen molar-refractivity contribution in [3.8, 4) is 0 Å². The molecule has 0 aliphatic carbocycles. The Hall–Kier alpha value is -2.22. The zero-order valence-electron chi connectivity index (χ0n) is 14.0. The highest BCUT2D eigenvalue weighted by molar-refractivity contribution is 7.89. The normalized spacial score (nSPS) is 15.9. The molecule has 0 spiro atoms. The predicted octanol–water partition coefficient (Wildman–Crippen LogP) is 4.58. The molecule has 1 aromatic heterocycles. The van der Waals surface area contributed by atoms with Crippen molar-refractivity contribution in [3.63, 3.8) is 0 Å². The lowest BCUT2D eigenvalue weighted by atomic mass is 10.00. The second-order valence-corrected chi connectivity index (χ2v) is 8.66. The first-order chi connectivity index (χ1) is 12.9. The van der Waals surface area contributed by atoms with Crippen molar-refractivity contribution in [2.24, 2.45) is 0 Å². The predicted molar refractivity (Wildman–Crippen MR) is 101 cm³/mol. The van der Waals surface area contributed by atoms with Crippen LogP contribution in [0.3, 0.4) is 0 Å². The van der Waals surface area contributed by atoms with Crippen LogP contribution in [0.15, 0.2) is 53.6 Å². The van der Waals surface area contributed by atoms with E-state index in [-0.39, 0.29) is 28.8 Å². The third kappa shape index (κ3) is 3.26. The molecule has 3 aromatic rings. The van der Waals surface area contributed by atoms with E-state index in [0.717, 1.165) is 28.7 Å². The highest BCUT2D eigenvalue weighted by Crippen LogP contribution is 2.31. The molecule has 0 atom stereocenters. The summed E-state index contributed by atoms with van der Waals surface area (Å²) in [6.45, 7) is 0.484. The topological polar surface area (TPSA) is 53.2 Å². The maximum Gasteiger partial charge on any atom is 0.243 e. The standard InChI is InChI=1S/C19H15ClF2N2O2S/c20-17-10-14(2-4-18(17)22)27(25,26)24-7-5-12(6-8-24)16-11-23-19-9-13(21)1-3-15(16)19/h1-5,9-11,23H,6-8H2. The second kappa shape index (κ2) is 6.74. The molecule has 0 saturated heterocycles. The van der Waals surface area contributed by atoms with Crippen LogP contribution >= 0.6 is 11.6 Å². The third-order valence-corrected chi connectivity index (χ3v) is 6.84. The summed E-state index contributed by atoms with van der Waals surface area (Å²) in [6.07, 6.45) is 4.16. The molecule has 4 nitrogen and oxygen atoms in total. The van der Waals surface area contributed by atoms with Gasteiger partial charge in [-0.05, 0) is 48.4 Å². The van der Waals surface area contributed by atoms with Crippen LogP contribution in [0, 0.1) is 11.6 Å². The van der Waals surface area contributed by atoms with Crippen molar-refractivity contribution in [1.82, 2.24) is 9.29 Å². The fourth-order valence-corrected chi connectivity index (χ4v) is 4.92. The van der Waals surface area contributed by atoms with Crippen LogP contribution in [0.2, 0.25) is 5.02 Å². The fourth-order valence-electron chi connectivity index (χ4n) is 3.26. The van der Waals surface area contributed by atoms with E-state index in [2.05, 4.69) is 4.98 Å². The van der Waals surface area contributed by atoms with Gasteiger partial charge in [0.05, 0.1) is 9.92 Å². The molecule has 1 N–H and O–H groups in total. The van der Waals surface area contributed by atoms with Gasteiger partial charge in [-0.2, -0.15) is 4.31 Å². The Morgan fingerprint density at radius 2 is 1.93 bits per heavy atom. The van der Waals surface area contributed by atoms with E-state index in [1.807, 2.05) is 6.08 Å². The van der Waals surface area contributed by atoms with E-state index in [0.29, 0.717) is 11.9 Å². The largest absolute Gasteiger partial charge is 0.360 e. The SMILES string of the molecule is O=S(=O)(c1ccc(F)c(Cl)c1)N1CC=C(c2c[nH]c3cc(F)ccc23)CC1. The monoisotopic (exact) mass is 408 g/mol. The van der Waals surface area contributed by atoms with Crippen LogP contribution in [0.5, 0.6) is 0 Å². The zero-order chi connectivity index (χ0) is 19.2. The van der Waals surface area contributed by atoms with Gasteiger partial charge in [-0.1, -0.05) is 17.7 Å². The van der Waals surface area contributed by atoms with Gasteiger partial charge in [-0.15, -0.1) is 0 Å². The molecule has 27 heavy (non-hydrogen) atoms. The summed E-state index contributed by atoms with van der Waals surface area (Å²) in [5, 5.41) is 0.666. The quantitative estimate of drug-likeness (QED) is 0.689. The lowest BCUT2D eigenvalue weighted by Gasteiger charge is -2.26. The molecule has 0 radical (unpaired) electrons. The number of aromatic nitrogens is 1. The number of halogens is 3. The number of benzene rings is 2. The Labute approximate surface area is 160 Å². The van der Waals surface area contributed by atoms with Gasteiger partial charge in [0.2, 0.25) is 10.0 Å². The first kappa shape index (κ1) is 18.2. The van der Waals surface area contributed by atoms with E-state index in [1.165, 1.54) is 22.5 Å². The number of H-pyrrole nitrogens is 1. The van der Waals surface area contributed by atoms with Gasteiger partial charge in [0.1, 0.15) is 11.6 Å². The molecule has 1 aliphatic heterocycles. The Morgan fingerprint density at radius 1 is 1.11 bits per heavy atom. The van der Waals surface area contributed by atoms with Gasteiger partial charge in [-0.25, -0.2) is 17.2 Å². The number of fused-ring (bicyclic) bond motifs is 1. The molecule has 1 aliphatic rings. The van der Waals surface area contributed by atoms with Crippen molar-refractivity contribution >= 4 is 38.1 Å². The lowest BCUT2D eigenvalue weighted by Crippen LogP contribution is -2.34. The van der Waals surface area contributed by atoms with Gasteiger partial charge in [0.25, 0.3) is 0 Å². The summed E-state index contributed by atoms with van der Waals surface area (Å²) in [5.74, 6) is -0.976. The minimum absolute atomic E-state index is 0.0340. The van der Waals surface area contributed by atoms with Crippen LogP contribution in [-0.2, 0) is 10.0 Å². The van der Waals surface area contributed by atoms with E-state index in [1.54, 1.807) is 12.3 Å². The smallest absolute Gasteiger partial charge is 0.243 e. The van der Waals surface area contributed by atoms with Crippen molar-refractivity contribution in [2.75, 3.05) is 13.1 Å². The minimum Gasteiger partial charge on any atom is -0.360 e. The number of aromatic amines is 1. The molecule has 2 aromatic carbocycles. The molecular weight excluding hydrogens is 394 g/mol. The number of hydrogen-bond acceptors (Lipinski definition) is 2. The average molecular weight is 409 g/mol. The van der Waals surface area contributed by atoms with Crippen molar-refractivity contribution < 1.29 is 17.2 Å². The summed E-state index contributed by atoms with van der Waals surface area (Å²) >= 11 is 5.72. The summed E-state index contributed by atoms with van der Waals surface area (Å²) < 4.78 is 53.5. The minimum atomic E-state index is -3.76. The molecule has 0 amide bonds. The molecule has 0 saturated carbocycles. The van der Waals surface area contributed by atoms with Crippen molar-refractivity contribution in [1.29, 1.82) is 0 Å². The summed E-state index contributed by atoms with van der Waals surface area (Å²) in [7, 11) is -3.76. The van der Waals surface area contributed by atoms with Crippen LogP contribution in [0.1, 0.15) is 12.0 Å². The molecule has 0 fully saturated rings. The van der Waals surface area contributed by atoms with Crippen LogP contribution < -0.4 is 0 Å². The van der Waals surface area contributed by atoms with E-state index in [4.69, 9.17) is 11.6 Å². The van der Waals surface area contributed by atoms with Crippen molar-refractivity contribution in [2.45, 2.75) is 11.3 Å². The number of hydrogen-bond donors (Lipinski definition) is 1. The summed E-state index contributed by atoms with van der Waals surface area (Å²) in [5.41, 5.74) is 2.63. The van der Waals surface area contributed by atoms with Crippen LogP contribution in [-0.4, -0.2) is 30.8 Å². The lowest BCUT2D eigenvalue weighted by molar-refractivity contribution is 0.441. The molecule has 140 valence electrons. The second-order valence-electron chi connectivity index (χ2n) is 6.31. The zero-order valence-corrected chi connectivity index (χ0v) is 15.6. The van der Waals surface area contributed by atoms with Crippen molar-refractivity contribution in [3.05, 3.63) is 70.9 Å². The van der Waals surface area contributed by atoms with Gasteiger partial charge in [0, 0.05) is 35.8 Å². The van der Waals surface area contributed by atoms with Crippen LogP contribution in [0.4, 0.5) is 8.78 Å². The molecule has 0 bridgehead atoms. The maximum absolute atomic E-state index is 13.3. The average Bonchev–Trinajstić information content (AvgIpc) is 3.07. The van der Waals surface area contributed by atoms with Crippen LogP contribution in [0.25, 0.3) is 16.5 Å². The Kier molecular flexibility index (Phi) is 4.53. The van der Waals surface area contributed by atoms with E-state index >= 15 is 0 Å². The van der Waals surface area contributed by atoms with E-state index in [9.17, 15) is 17.2 Å². The number of nitrogens with zero attached hydrogens (tertiary/aromatic N) is 1. The molecular formula is C19H15ClF2N2O2S. The summed E-state index contributed by atoms with van der Waals surface area (Å²) in [6, 6.07) is 7.92. The van der Waals surface area contributed by atoms with Gasteiger partial charge in [-0.3, -0.25) is 0 Å². The maximum atomic E-state index is 13.3. The Balaban J connectivity index is 1.61. The number of nitrogens with one attached hydrogen (secondary N) is 1.